The summed E-state index contributed by atoms with van der Waals surface area (Å²) in [4.78, 5) is 4.37. The van der Waals surface area contributed by atoms with Crippen molar-refractivity contribution in [1.82, 2.24) is 20.5 Å². The van der Waals surface area contributed by atoms with E-state index in [1.807, 2.05) is 6.07 Å². The van der Waals surface area contributed by atoms with E-state index in [0.29, 0.717) is 0 Å². The Balaban J connectivity index is 1.66. The van der Waals surface area contributed by atoms with Crippen molar-refractivity contribution in [3.8, 4) is 10.7 Å². The van der Waals surface area contributed by atoms with Gasteiger partial charge in [-0.3, -0.25) is 4.98 Å². The van der Waals surface area contributed by atoms with Crippen LogP contribution < -0.4 is 5.32 Å². The van der Waals surface area contributed by atoms with Gasteiger partial charge in [-0.25, -0.2) is 0 Å². The largest absolute Gasteiger partial charge is 0.314 e. The highest BCUT2D eigenvalue weighted by Gasteiger charge is 2.20. The van der Waals surface area contributed by atoms with Gasteiger partial charge in [-0.1, -0.05) is 17.4 Å². The summed E-state index contributed by atoms with van der Waals surface area (Å²) in [5.74, 6) is 0. The first-order valence-corrected chi connectivity index (χ1v) is 7.12. The average molecular weight is 260 g/mol. The molecule has 5 heteroatoms. The molecule has 0 radical (unpaired) electrons. The van der Waals surface area contributed by atoms with E-state index in [1.165, 1.54) is 12.8 Å². The summed E-state index contributed by atoms with van der Waals surface area (Å²) in [5.41, 5.74) is 2.10. The Morgan fingerprint density at radius 2 is 2.28 bits per heavy atom. The van der Waals surface area contributed by atoms with Gasteiger partial charge in [0, 0.05) is 25.2 Å². The fraction of sp³-hybridized carbons (Fsp3) is 0.462. The second-order valence-electron chi connectivity index (χ2n) is 4.65. The highest BCUT2D eigenvalue weighted by molar-refractivity contribution is 7.14. The summed E-state index contributed by atoms with van der Waals surface area (Å²) in [6.45, 7) is 3.05. The minimum Gasteiger partial charge on any atom is -0.314 e. The van der Waals surface area contributed by atoms with Gasteiger partial charge in [0.1, 0.15) is 10.7 Å². The molecule has 0 spiro atoms. The molecule has 0 aromatic carbocycles. The second-order valence-corrected chi connectivity index (χ2v) is 5.71. The molecule has 4 nitrogen and oxygen atoms in total. The van der Waals surface area contributed by atoms with Crippen molar-refractivity contribution in [3.63, 3.8) is 0 Å². The van der Waals surface area contributed by atoms with Crippen molar-refractivity contribution < 1.29 is 0 Å². The molecule has 0 unspecified atom stereocenters. The van der Waals surface area contributed by atoms with Crippen molar-refractivity contribution in [2.24, 2.45) is 0 Å². The lowest BCUT2D eigenvalue weighted by atomic mass is 10.2. The zero-order valence-electron chi connectivity index (χ0n) is 10.4. The molecule has 2 aromatic heterocycles. The second kappa shape index (κ2) is 5.12. The summed E-state index contributed by atoms with van der Waals surface area (Å²) in [6, 6.07) is 4.76. The molecule has 3 rings (SSSR count). The SMILES string of the molecule is Cc1cccnc1-c1nnc(CCNC2CC2)s1. The highest BCUT2D eigenvalue weighted by Crippen LogP contribution is 2.24. The van der Waals surface area contributed by atoms with Crippen LogP contribution in [0.3, 0.4) is 0 Å². The predicted molar refractivity (Wildman–Crippen MR) is 72.6 cm³/mol. The van der Waals surface area contributed by atoms with E-state index in [0.717, 1.165) is 40.3 Å². The number of hydrogen-bond acceptors (Lipinski definition) is 5. The van der Waals surface area contributed by atoms with Crippen LogP contribution in [-0.2, 0) is 6.42 Å². The molecular formula is C13H16N4S. The molecule has 1 aliphatic carbocycles. The average Bonchev–Trinajstić information content (AvgIpc) is 3.08. The van der Waals surface area contributed by atoms with E-state index in [2.05, 4.69) is 33.5 Å². The number of pyridine rings is 1. The topological polar surface area (TPSA) is 50.7 Å². The monoisotopic (exact) mass is 260 g/mol. The maximum absolute atomic E-state index is 4.37. The third-order valence-corrected chi connectivity index (χ3v) is 4.02. The van der Waals surface area contributed by atoms with Crippen molar-refractivity contribution in [1.29, 1.82) is 0 Å². The van der Waals surface area contributed by atoms with Crippen LogP contribution in [0.1, 0.15) is 23.4 Å². The van der Waals surface area contributed by atoms with Gasteiger partial charge in [0.2, 0.25) is 0 Å². The van der Waals surface area contributed by atoms with E-state index in [-0.39, 0.29) is 0 Å². The van der Waals surface area contributed by atoms with Crippen molar-refractivity contribution in [2.75, 3.05) is 6.54 Å². The number of hydrogen-bond donors (Lipinski definition) is 1. The molecule has 1 aliphatic rings. The van der Waals surface area contributed by atoms with E-state index in [9.17, 15) is 0 Å². The lowest BCUT2D eigenvalue weighted by Crippen LogP contribution is -2.19. The standard InChI is InChI=1S/C13H16N4S/c1-9-3-2-7-15-12(9)13-17-16-11(18-13)6-8-14-10-4-5-10/h2-3,7,10,14H,4-6,8H2,1H3. The maximum Gasteiger partial charge on any atom is 0.166 e. The van der Waals surface area contributed by atoms with E-state index < -0.39 is 0 Å². The molecule has 0 aliphatic heterocycles. The molecule has 0 bridgehead atoms. The Morgan fingerprint density at radius 1 is 1.39 bits per heavy atom. The van der Waals surface area contributed by atoms with Gasteiger partial charge >= 0.3 is 0 Å². The fourth-order valence-electron chi connectivity index (χ4n) is 1.83. The minimum atomic E-state index is 0.760. The number of aryl methyl sites for hydroxylation is 1. The van der Waals surface area contributed by atoms with Gasteiger partial charge < -0.3 is 5.32 Å². The van der Waals surface area contributed by atoms with Crippen LogP contribution in [0, 0.1) is 6.92 Å². The molecule has 0 saturated heterocycles. The van der Waals surface area contributed by atoms with E-state index >= 15 is 0 Å². The van der Waals surface area contributed by atoms with Gasteiger partial charge in [-0.05, 0) is 31.4 Å². The van der Waals surface area contributed by atoms with Crippen LogP contribution in [0.4, 0.5) is 0 Å². The molecule has 2 heterocycles. The van der Waals surface area contributed by atoms with Crippen molar-refractivity contribution in [2.45, 2.75) is 32.2 Å². The number of nitrogens with one attached hydrogen (secondary N) is 1. The van der Waals surface area contributed by atoms with Gasteiger partial charge in [0.25, 0.3) is 0 Å². The summed E-state index contributed by atoms with van der Waals surface area (Å²) < 4.78 is 0. The van der Waals surface area contributed by atoms with Crippen LogP contribution in [-0.4, -0.2) is 27.8 Å². The first-order valence-electron chi connectivity index (χ1n) is 6.30. The van der Waals surface area contributed by atoms with Crippen LogP contribution in [0.15, 0.2) is 18.3 Å². The Bertz CT molecular complexity index is 533. The summed E-state index contributed by atoms with van der Waals surface area (Å²) >= 11 is 1.65. The quantitative estimate of drug-likeness (QED) is 0.895. The Labute approximate surface area is 110 Å². The fourth-order valence-corrected chi connectivity index (χ4v) is 2.73. The van der Waals surface area contributed by atoms with Crippen LogP contribution in [0.25, 0.3) is 10.7 Å². The lowest BCUT2D eigenvalue weighted by Gasteiger charge is -1.99. The third-order valence-electron chi connectivity index (χ3n) is 3.03. The van der Waals surface area contributed by atoms with Gasteiger partial charge in [0.05, 0.1) is 0 Å². The molecule has 0 amide bonds. The molecule has 1 fully saturated rings. The van der Waals surface area contributed by atoms with Crippen LogP contribution in [0.5, 0.6) is 0 Å². The van der Waals surface area contributed by atoms with Crippen LogP contribution in [0.2, 0.25) is 0 Å². The van der Waals surface area contributed by atoms with Crippen molar-refractivity contribution >= 4 is 11.3 Å². The molecule has 1 saturated carbocycles. The molecule has 0 atom stereocenters. The first kappa shape index (κ1) is 11.7. The number of rotatable bonds is 5. The Morgan fingerprint density at radius 3 is 3.06 bits per heavy atom. The number of aromatic nitrogens is 3. The summed E-state index contributed by atoms with van der Waals surface area (Å²) in [5, 5.41) is 14.0. The molecule has 94 valence electrons. The number of nitrogens with zero attached hydrogens (tertiary/aromatic N) is 3. The zero-order valence-corrected chi connectivity index (χ0v) is 11.2. The maximum atomic E-state index is 4.37. The summed E-state index contributed by atoms with van der Waals surface area (Å²) in [6.07, 6.45) is 5.42. The lowest BCUT2D eigenvalue weighted by molar-refractivity contribution is 0.677. The van der Waals surface area contributed by atoms with E-state index in [4.69, 9.17) is 0 Å². The van der Waals surface area contributed by atoms with Gasteiger partial charge in [-0.15, -0.1) is 10.2 Å². The Kier molecular flexibility index (Phi) is 3.34. The van der Waals surface area contributed by atoms with E-state index in [1.54, 1.807) is 17.5 Å². The minimum absolute atomic E-state index is 0.760. The zero-order chi connectivity index (χ0) is 12.4. The van der Waals surface area contributed by atoms with Crippen molar-refractivity contribution in [3.05, 3.63) is 28.9 Å². The molecular weight excluding hydrogens is 244 g/mol. The third kappa shape index (κ3) is 2.73. The smallest absolute Gasteiger partial charge is 0.166 e. The van der Waals surface area contributed by atoms with Gasteiger partial charge in [0.15, 0.2) is 5.01 Å². The molecule has 18 heavy (non-hydrogen) atoms. The highest BCUT2D eigenvalue weighted by atomic mass is 32.1. The summed E-state index contributed by atoms with van der Waals surface area (Å²) in [7, 11) is 0. The molecule has 2 aromatic rings. The first-order chi connectivity index (χ1) is 8.83. The molecule has 1 N–H and O–H groups in total. The van der Waals surface area contributed by atoms with Crippen LogP contribution >= 0.6 is 11.3 Å². The predicted octanol–water partition coefficient (Wildman–Crippen LogP) is 2.20. The normalized spacial score (nSPS) is 14.9. The Hall–Kier alpha value is -1.33. The van der Waals surface area contributed by atoms with Gasteiger partial charge in [-0.2, -0.15) is 0 Å².